The van der Waals surface area contributed by atoms with Crippen molar-refractivity contribution in [2.75, 3.05) is 48.9 Å². The minimum Gasteiger partial charge on any atom is -0.481 e. The maximum Gasteiger partial charge on any atom is 0.416 e. The van der Waals surface area contributed by atoms with Gasteiger partial charge in [0.25, 0.3) is 0 Å². The molecular formula is C29H31F6N5O2. The molecule has 0 radical (unpaired) electrons. The number of pyridine rings is 2. The number of rotatable bonds is 7. The van der Waals surface area contributed by atoms with Gasteiger partial charge >= 0.3 is 12.4 Å². The summed E-state index contributed by atoms with van der Waals surface area (Å²) in [6, 6.07) is 6.82. The highest BCUT2D eigenvalue weighted by Crippen LogP contribution is 2.39. The molecule has 7 nitrogen and oxygen atoms in total. The van der Waals surface area contributed by atoms with Gasteiger partial charge in [0.05, 0.1) is 60.8 Å². The van der Waals surface area contributed by atoms with Crippen LogP contribution in [0.5, 0.6) is 5.88 Å². The van der Waals surface area contributed by atoms with E-state index in [0.717, 1.165) is 24.2 Å². The number of ether oxygens (including phenoxy) is 2. The molecule has 0 spiro atoms. The number of aromatic nitrogens is 2. The Hall–Kier alpha value is -3.74. The summed E-state index contributed by atoms with van der Waals surface area (Å²) in [4.78, 5) is 11.3. The topological polar surface area (TPSA) is 71.5 Å². The van der Waals surface area contributed by atoms with Crippen LogP contribution >= 0.6 is 0 Å². The monoisotopic (exact) mass is 595 g/mol. The third-order valence-corrected chi connectivity index (χ3v) is 7.49. The molecule has 1 saturated heterocycles. The number of halogens is 6. The van der Waals surface area contributed by atoms with Gasteiger partial charge in [-0.15, -0.1) is 0 Å². The molecule has 0 unspecified atom stereocenters. The largest absolute Gasteiger partial charge is 0.481 e. The molecule has 13 heteroatoms. The zero-order chi connectivity index (χ0) is 30.1. The number of anilines is 3. The number of hydrogen-bond donors (Lipinski definition) is 2. The zero-order valence-electron chi connectivity index (χ0n) is 23.1. The fraction of sp³-hybridized carbons (Fsp3) is 0.448. The molecule has 2 aliphatic heterocycles. The Bertz CT molecular complexity index is 1380. The van der Waals surface area contributed by atoms with Crippen molar-refractivity contribution in [3.8, 4) is 5.88 Å². The van der Waals surface area contributed by atoms with Crippen LogP contribution in [0.25, 0.3) is 0 Å². The predicted octanol–water partition coefficient (Wildman–Crippen LogP) is 6.70. The summed E-state index contributed by atoms with van der Waals surface area (Å²) in [7, 11) is 1.51. The van der Waals surface area contributed by atoms with Gasteiger partial charge in [-0.1, -0.05) is 6.92 Å². The van der Waals surface area contributed by atoms with E-state index in [-0.39, 0.29) is 30.1 Å². The quantitative estimate of drug-likeness (QED) is 0.295. The number of hydrogen-bond acceptors (Lipinski definition) is 7. The van der Waals surface area contributed by atoms with E-state index in [4.69, 9.17) is 9.47 Å². The lowest BCUT2D eigenvalue weighted by atomic mass is 9.94. The third kappa shape index (κ3) is 6.66. The summed E-state index contributed by atoms with van der Waals surface area (Å²) in [6.45, 7) is 4.20. The van der Waals surface area contributed by atoms with Crippen LogP contribution in [0.4, 0.5) is 43.5 Å². The van der Waals surface area contributed by atoms with Gasteiger partial charge in [-0.2, -0.15) is 26.3 Å². The van der Waals surface area contributed by atoms with E-state index in [1.165, 1.54) is 7.11 Å². The number of fused-ring (bicyclic) bond motifs is 1. The number of nitrogens with one attached hydrogen (secondary N) is 2. The van der Waals surface area contributed by atoms with Crippen LogP contribution in [0, 0.1) is 0 Å². The molecule has 2 aliphatic rings. The molecule has 42 heavy (non-hydrogen) atoms. The average Bonchev–Trinajstić information content (AvgIpc) is 2.97. The van der Waals surface area contributed by atoms with E-state index in [9.17, 15) is 26.3 Å². The van der Waals surface area contributed by atoms with Gasteiger partial charge in [0, 0.05) is 37.2 Å². The van der Waals surface area contributed by atoms with E-state index in [1.807, 2.05) is 17.9 Å². The number of morpholine rings is 1. The van der Waals surface area contributed by atoms with Crippen LogP contribution in [0.15, 0.2) is 42.6 Å². The molecule has 1 fully saturated rings. The molecule has 0 bridgehead atoms. The molecule has 0 saturated carbocycles. The van der Waals surface area contributed by atoms with Gasteiger partial charge in [0.1, 0.15) is 5.82 Å². The van der Waals surface area contributed by atoms with Gasteiger partial charge in [0.15, 0.2) is 0 Å². The standard InChI is InChI=1S/C29H31F6N5O2/c1-3-21-15-24(26-23(37-21)4-5-25(39-26)41-2)38-27-18(13-22(16-36-27)40-6-8-42-9-7-40)10-17-11-19(28(30,31)32)14-20(12-17)29(33,34)35/h4-5,11-14,16,21,24,37H,3,6-10,15H2,1-2H3,(H,36,38)/t21-,24+/m1/s1. The van der Waals surface area contributed by atoms with Gasteiger partial charge in [0.2, 0.25) is 5.88 Å². The highest BCUT2D eigenvalue weighted by molar-refractivity contribution is 5.60. The van der Waals surface area contributed by atoms with E-state index in [2.05, 4.69) is 20.6 Å². The lowest BCUT2D eigenvalue weighted by Crippen LogP contribution is -2.36. The first-order chi connectivity index (χ1) is 19.9. The minimum atomic E-state index is -4.94. The molecule has 1 aromatic carbocycles. The van der Waals surface area contributed by atoms with Crippen LogP contribution in [0.1, 0.15) is 53.8 Å². The molecule has 2 atom stereocenters. The number of methoxy groups -OCH3 is 1. The Kier molecular flexibility index (Phi) is 8.40. The van der Waals surface area contributed by atoms with Gasteiger partial charge in [-0.25, -0.2) is 9.97 Å². The SMILES string of the molecule is CC[C@@H]1C[C@H](Nc2ncc(N3CCOCC3)cc2Cc2cc(C(F)(F)F)cc(C(F)(F)F)c2)c2nc(OC)ccc2N1. The predicted molar refractivity (Wildman–Crippen MR) is 146 cm³/mol. The number of nitrogens with zero attached hydrogens (tertiary/aromatic N) is 3. The number of benzene rings is 1. The normalized spacial score (nSPS) is 19.2. The Labute approximate surface area is 239 Å². The van der Waals surface area contributed by atoms with Crippen molar-refractivity contribution in [2.24, 2.45) is 0 Å². The van der Waals surface area contributed by atoms with Crippen LogP contribution in [-0.4, -0.2) is 49.4 Å². The fourth-order valence-electron chi connectivity index (χ4n) is 5.29. The average molecular weight is 596 g/mol. The van der Waals surface area contributed by atoms with Crippen LogP contribution in [-0.2, 0) is 23.5 Å². The summed E-state index contributed by atoms with van der Waals surface area (Å²) in [5.41, 5.74) is -0.172. The van der Waals surface area contributed by atoms with Crippen molar-refractivity contribution in [1.29, 1.82) is 0 Å². The first-order valence-corrected chi connectivity index (χ1v) is 13.6. The van der Waals surface area contributed by atoms with Crippen molar-refractivity contribution in [1.82, 2.24) is 9.97 Å². The number of alkyl halides is 6. The summed E-state index contributed by atoms with van der Waals surface area (Å²) < 4.78 is 92.4. The Morgan fingerprint density at radius 3 is 2.33 bits per heavy atom. The van der Waals surface area contributed by atoms with E-state index < -0.39 is 23.5 Å². The lowest BCUT2D eigenvalue weighted by molar-refractivity contribution is -0.143. The fourth-order valence-corrected chi connectivity index (χ4v) is 5.29. The van der Waals surface area contributed by atoms with Crippen LogP contribution in [0.3, 0.4) is 0 Å². The van der Waals surface area contributed by atoms with Crippen molar-refractivity contribution in [3.05, 3.63) is 70.5 Å². The highest BCUT2D eigenvalue weighted by Gasteiger charge is 2.37. The zero-order valence-corrected chi connectivity index (χ0v) is 23.1. The smallest absolute Gasteiger partial charge is 0.416 e. The van der Waals surface area contributed by atoms with E-state index in [1.54, 1.807) is 18.3 Å². The van der Waals surface area contributed by atoms with Crippen LogP contribution < -0.4 is 20.3 Å². The minimum absolute atomic E-state index is 0.110. The first-order valence-electron chi connectivity index (χ1n) is 13.6. The molecular weight excluding hydrogens is 564 g/mol. The second-order valence-corrected chi connectivity index (χ2v) is 10.4. The van der Waals surface area contributed by atoms with Gasteiger partial charge < -0.3 is 25.0 Å². The summed E-state index contributed by atoms with van der Waals surface area (Å²) in [5, 5.41) is 6.86. The Morgan fingerprint density at radius 2 is 1.71 bits per heavy atom. The lowest BCUT2D eigenvalue weighted by Gasteiger charge is -2.33. The van der Waals surface area contributed by atoms with E-state index in [0.29, 0.717) is 61.4 Å². The van der Waals surface area contributed by atoms with E-state index >= 15 is 0 Å². The molecule has 2 N–H and O–H groups in total. The van der Waals surface area contributed by atoms with Crippen molar-refractivity contribution >= 4 is 17.2 Å². The second kappa shape index (κ2) is 11.9. The van der Waals surface area contributed by atoms with Crippen molar-refractivity contribution < 1.29 is 35.8 Å². The molecule has 3 aromatic rings. The summed E-state index contributed by atoms with van der Waals surface area (Å²) >= 11 is 0. The van der Waals surface area contributed by atoms with Crippen molar-refractivity contribution in [3.63, 3.8) is 0 Å². The summed E-state index contributed by atoms with van der Waals surface area (Å²) in [5.74, 6) is 0.770. The molecule has 4 heterocycles. The maximum atomic E-state index is 13.6. The second-order valence-electron chi connectivity index (χ2n) is 10.4. The molecule has 5 rings (SSSR count). The third-order valence-electron chi connectivity index (χ3n) is 7.49. The molecule has 0 aliphatic carbocycles. The summed E-state index contributed by atoms with van der Waals surface area (Å²) in [6.07, 6.45) is -6.99. The molecule has 0 amide bonds. The Balaban J connectivity index is 1.56. The van der Waals surface area contributed by atoms with Gasteiger partial charge in [-0.05, 0) is 48.7 Å². The van der Waals surface area contributed by atoms with Crippen LogP contribution in [0.2, 0.25) is 0 Å². The van der Waals surface area contributed by atoms with Gasteiger partial charge in [-0.3, -0.25) is 0 Å². The first kappa shape index (κ1) is 29.7. The van der Waals surface area contributed by atoms with Crippen molar-refractivity contribution in [2.45, 2.75) is 50.6 Å². The highest BCUT2D eigenvalue weighted by atomic mass is 19.4. The maximum absolute atomic E-state index is 13.6. The molecule has 2 aromatic heterocycles. The molecule has 226 valence electrons. The Morgan fingerprint density at radius 1 is 1.02 bits per heavy atom.